The predicted molar refractivity (Wildman–Crippen MR) is 85.6 cm³/mol. The molecule has 20 heavy (non-hydrogen) atoms. The normalized spacial score (nSPS) is 10.7. The maximum Gasteiger partial charge on any atom is 0.146 e. The van der Waals surface area contributed by atoms with Gasteiger partial charge >= 0.3 is 0 Å². The van der Waals surface area contributed by atoms with Crippen molar-refractivity contribution in [3.8, 4) is 11.5 Å². The van der Waals surface area contributed by atoms with Gasteiger partial charge in [0.25, 0.3) is 0 Å². The molecule has 1 aromatic heterocycles. The van der Waals surface area contributed by atoms with E-state index in [1.807, 2.05) is 36.4 Å². The van der Waals surface area contributed by atoms with E-state index in [-0.39, 0.29) is 0 Å². The Kier molecular flexibility index (Phi) is 3.70. The van der Waals surface area contributed by atoms with Crippen molar-refractivity contribution in [1.29, 1.82) is 0 Å². The molecule has 2 nitrogen and oxygen atoms in total. The van der Waals surface area contributed by atoms with E-state index < -0.39 is 0 Å². The first-order chi connectivity index (χ1) is 9.76. The molecule has 0 spiro atoms. The Bertz CT molecular complexity index is 755. The van der Waals surface area contributed by atoms with Gasteiger partial charge in [-0.3, -0.25) is 4.98 Å². The molecule has 3 rings (SSSR count). The van der Waals surface area contributed by atoms with E-state index in [1.165, 1.54) is 5.56 Å². The van der Waals surface area contributed by atoms with Crippen molar-refractivity contribution in [3.05, 3.63) is 65.9 Å². The van der Waals surface area contributed by atoms with Gasteiger partial charge in [0.15, 0.2) is 0 Å². The summed E-state index contributed by atoms with van der Waals surface area (Å²) in [7, 11) is 0. The zero-order valence-corrected chi connectivity index (χ0v) is 12.7. The fourth-order valence-electron chi connectivity index (χ4n) is 2.14. The maximum absolute atomic E-state index is 5.94. The summed E-state index contributed by atoms with van der Waals surface area (Å²) in [6.45, 7) is 2.05. The van der Waals surface area contributed by atoms with E-state index >= 15 is 0 Å². The minimum atomic E-state index is 0.762. The molecule has 2 aromatic carbocycles. The predicted octanol–water partition coefficient (Wildman–Crippen LogP) is 5.23. The van der Waals surface area contributed by atoms with E-state index in [0.29, 0.717) is 0 Å². The molecule has 0 N–H and O–H groups in total. The van der Waals surface area contributed by atoms with Crippen molar-refractivity contribution in [2.75, 3.05) is 0 Å². The second kappa shape index (κ2) is 5.63. The van der Waals surface area contributed by atoms with E-state index in [4.69, 9.17) is 4.74 Å². The lowest BCUT2D eigenvalue weighted by atomic mass is 10.1. The third-order valence-electron chi connectivity index (χ3n) is 3.19. The van der Waals surface area contributed by atoms with Crippen LogP contribution >= 0.6 is 15.9 Å². The SMILES string of the molecule is Cc1cc(CBr)ccc1Oc1cnc2ccccc2c1. The first-order valence-electron chi connectivity index (χ1n) is 6.44. The van der Waals surface area contributed by atoms with Crippen LogP contribution in [0.15, 0.2) is 54.7 Å². The molecule has 0 fully saturated rings. The van der Waals surface area contributed by atoms with E-state index in [2.05, 4.69) is 40.0 Å². The van der Waals surface area contributed by atoms with Crippen LogP contribution in [0, 0.1) is 6.92 Å². The number of halogens is 1. The number of aryl methyl sites for hydroxylation is 1. The number of para-hydroxylation sites is 1. The zero-order valence-electron chi connectivity index (χ0n) is 11.1. The van der Waals surface area contributed by atoms with Crippen LogP contribution in [0.3, 0.4) is 0 Å². The highest BCUT2D eigenvalue weighted by atomic mass is 79.9. The third kappa shape index (κ3) is 2.68. The molecule has 3 heteroatoms. The van der Waals surface area contributed by atoms with Crippen molar-refractivity contribution in [3.63, 3.8) is 0 Å². The number of aromatic nitrogens is 1. The van der Waals surface area contributed by atoms with Gasteiger partial charge in [0.2, 0.25) is 0 Å². The van der Waals surface area contributed by atoms with Gasteiger partial charge in [-0.15, -0.1) is 0 Å². The van der Waals surface area contributed by atoms with Crippen LogP contribution in [0.25, 0.3) is 10.9 Å². The summed E-state index contributed by atoms with van der Waals surface area (Å²) in [5.74, 6) is 1.63. The lowest BCUT2D eigenvalue weighted by molar-refractivity contribution is 0.477. The number of nitrogens with zero attached hydrogens (tertiary/aromatic N) is 1. The summed E-state index contributed by atoms with van der Waals surface area (Å²) in [6, 6.07) is 16.2. The summed E-state index contributed by atoms with van der Waals surface area (Å²) in [5.41, 5.74) is 3.34. The van der Waals surface area contributed by atoms with Gasteiger partial charge in [-0.2, -0.15) is 0 Å². The average molecular weight is 328 g/mol. The lowest BCUT2D eigenvalue weighted by Crippen LogP contribution is -1.90. The van der Waals surface area contributed by atoms with Gasteiger partial charge in [-0.25, -0.2) is 0 Å². The molecular weight excluding hydrogens is 314 g/mol. The fraction of sp³-hybridized carbons (Fsp3) is 0.118. The molecule has 0 saturated heterocycles. The van der Waals surface area contributed by atoms with Crippen molar-refractivity contribution in [1.82, 2.24) is 4.98 Å². The quantitative estimate of drug-likeness (QED) is 0.614. The number of fused-ring (bicyclic) bond motifs is 1. The topological polar surface area (TPSA) is 22.1 Å². The lowest BCUT2D eigenvalue weighted by Gasteiger charge is -2.10. The summed E-state index contributed by atoms with van der Waals surface area (Å²) in [5, 5.41) is 1.94. The molecule has 0 unspecified atom stereocenters. The summed E-state index contributed by atoms with van der Waals surface area (Å²) >= 11 is 3.46. The number of hydrogen-bond acceptors (Lipinski definition) is 2. The summed E-state index contributed by atoms with van der Waals surface area (Å²) in [6.07, 6.45) is 1.76. The van der Waals surface area contributed by atoms with Crippen LogP contribution < -0.4 is 4.74 Å². The van der Waals surface area contributed by atoms with E-state index in [1.54, 1.807) is 6.20 Å². The molecule has 0 aliphatic heterocycles. The minimum Gasteiger partial charge on any atom is -0.455 e. The van der Waals surface area contributed by atoms with Crippen LogP contribution in [-0.4, -0.2) is 4.98 Å². The second-order valence-corrected chi connectivity index (χ2v) is 5.26. The van der Waals surface area contributed by atoms with Crippen LogP contribution in [0.5, 0.6) is 11.5 Å². The Balaban J connectivity index is 1.92. The Hall–Kier alpha value is -1.87. The highest BCUT2D eigenvalue weighted by Gasteiger charge is 2.04. The average Bonchev–Trinajstić information content (AvgIpc) is 2.49. The molecule has 0 atom stereocenters. The Morgan fingerprint density at radius 2 is 1.95 bits per heavy atom. The number of pyridine rings is 1. The standard InChI is InChI=1S/C17H14BrNO/c1-12-8-13(10-18)6-7-17(12)20-15-9-14-4-2-3-5-16(14)19-11-15/h2-9,11H,10H2,1H3. The first kappa shape index (κ1) is 13.1. The maximum atomic E-state index is 5.94. The van der Waals surface area contributed by atoms with Crippen molar-refractivity contribution >= 4 is 26.8 Å². The van der Waals surface area contributed by atoms with Gasteiger partial charge < -0.3 is 4.74 Å². The van der Waals surface area contributed by atoms with Gasteiger partial charge in [-0.1, -0.05) is 46.3 Å². The van der Waals surface area contributed by atoms with Crippen molar-refractivity contribution < 1.29 is 4.74 Å². The van der Waals surface area contributed by atoms with Crippen LogP contribution in [0.1, 0.15) is 11.1 Å². The van der Waals surface area contributed by atoms with Gasteiger partial charge in [0.05, 0.1) is 11.7 Å². The highest BCUT2D eigenvalue weighted by molar-refractivity contribution is 9.08. The summed E-state index contributed by atoms with van der Waals surface area (Å²) in [4.78, 5) is 4.41. The van der Waals surface area contributed by atoms with Gasteiger partial charge in [-0.05, 0) is 36.2 Å². The molecule has 0 aliphatic rings. The molecular formula is C17H14BrNO. The van der Waals surface area contributed by atoms with Crippen molar-refractivity contribution in [2.24, 2.45) is 0 Å². The molecule has 0 saturated carbocycles. The summed E-state index contributed by atoms with van der Waals surface area (Å²) < 4.78 is 5.94. The number of alkyl halides is 1. The van der Waals surface area contributed by atoms with Crippen LogP contribution in [0.2, 0.25) is 0 Å². The highest BCUT2D eigenvalue weighted by Crippen LogP contribution is 2.27. The second-order valence-electron chi connectivity index (χ2n) is 4.70. The largest absolute Gasteiger partial charge is 0.455 e. The van der Waals surface area contributed by atoms with Crippen LogP contribution in [0.4, 0.5) is 0 Å². The molecule has 100 valence electrons. The molecule has 0 aliphatic carbocycles. The molecule has 0 amide bonds. The van der Waals surface area contributed by atoms with Gasteiger partial charge in [0.1, 0.15) is 11.5 Å². The monoisotopic (exact) mass is 327 g/mol. The minimum absolute atomic E-state index is 0.762. The molecule has 0 bridgehead atoms. The third-order valence-corrected chi connectivity index (χ3v) is 3.83. The molecule has 3 aromatic rings. The Labute approximate surface area is 126 Å². The number of benzene rings is 2. The van der Waals surface area contributed by atoms with Gasteiger partial charge in [0, 0.05) is 10.7 Å². The van der Waals surface area contributed by atoms with E-state index in [9.17, 15) is 0 Å². The Morgan fingerprint density at radius 3 is 2.75 bits per heavy atom. The first-order valence-corrected chi connectivity index (χ1v) is 7.56. The van der Waals surface area contributed by atoms with E-state index in [0.717, 1.165) is 33.3 Å². The number of rotatable bonds is 3. The molecule has 1 heterocycles. The Morgan fingerprint density at radius 1 is 1.10 bits per heavy atom. The smallest absolute Gasteiger partial charge is 0.146 e. The number of ether oxygens (including phenoxy) is 1. The molecule has 0 radical (unpaired) electrons. The number of hydrogen-bond donors (Lipinski definition) is 0. The van der Waals surface area contributed by atoms with Crippen molar-refractivity contribution in [2.45, 2.75) is 12.3 Å². The zero-order chi connectivity index (χ0) is 13.9. The van der Waals surface area contributed by atoms with Crippen LogP contribution in [-0.2, 0) is 5.33 Å². The fourth-order valence-corrected chi connectivity index (χ4v) is 2.49.